The van der Waals surface area contributed by atoms with E-state index >= 15 is 0 Å². The summed E-state index contributed by atoms with van der Waals surface area (Å²) in [5.41, 5.74) is 6.46. The van der Waals surface area contributed by atoms with Crippen LogP contribution in [0.15, 0.2) is 30.3 Å². The van der Waals surface area contributed by atoms with Crippen molar-refractivity contribution >= 4 is 17.4 Å². The second-order valence-corrected chi connectivity index (χ2v) is 3.27. The minimum atomic E-state index is -0.364. The van der Waals surface area contributed by atoms with E-state index in [4.69, 9.17) is 5.73 Å². The van der Waals surface area contributed by atoms with Crippen LogP contribution in [0.4, 0.5) is 11.5 Å². The Morgan fingerprint density at radius 1 is 1.38 bits per heavy atom. The predicted octanol–water partition coefficient (Wildman–Crippen LogP) is 0.650. The van der Waals surface area contributed by atoms with Gasteiger partial charge in [0.25, 0.3) is 5.91 Å². The molecule has 0 bridgehead atoms. The lowest BCUT2D eigenvalue weighted by molar-refractivity contribution is 0.102. The summed E-state index contributed by atoms with van der Waals surface area (Å²) in [5.74, 6) is -0.120. The number of nitrogens with one attached hydrogen (secondary N) is 1. The van der Waals surface area contributed by atoms with E-state index < -0.39 is 0 Å². The van der Waals surface area contributed by atoms with Gasteiger partial charge in [-0.1, -0.05) is 23.4 Å². The molecule has 0 fully saturated rings. The molecule has 0 radical (unpaired) electrons. The maximum Gasteiger partial charge on any atom is 0.280 e. The van der Waals surface area contributed by atoms with Gasteiger partial charge in [0.2, 0.25) is 0 Å². The van der Waals surface area contributed by atoms with Gasteiger partial charge in [0.05, 0.1) is 0 Å². The SMILES string of the molecule is Cn1nnc(C(=O)Nc2ccccc2)c1N. The number of aryl methyl sites for hydroxylation is 1. The number of carbonyl (C=O) groups is 1. The normalized spacial score (nSPS) is 10.1. The number of hydrogen-bond donors (Lipinski definition) is 2. The first-order valence-corrected chi connectivity index (χ1v) is 4.70. The third-order valence-corrected chi connectivity index (χ3v) is 2.12. The molecule has 0 saturated carbocycles. The Morgan fingerprint density at radius 3 is 2.62 bits per heavy atom. The second-order valence-electron chi connectivity index (χ2n) is 3.27. The molecule has 0 aliphatic rings. The molecule has 0 unspecified atom stereocenters. The number of aromatic nitrogens is 3. The highest BCUT2D eigenvalue weighted by atomic mass is 16.2. The predicted molar refractivity (Wildman–Crippen MR) is 59.8 cm³/mol. The van der Waals surface area contributed by atoms with E-state index in [-0.39, 0.29) is 17.4 Å². The fourth-order valence-corrected chi connectivity index (χ4v) is 1.24. The van der Waals surface area contributed by atoms with Crippen LogP contribution in [0.1, 0.15) is 10.5 Å². The Bertz CT molecular complexity index is 505. The van der Waals surface area contributed by atoms with Gasteiger partial charge in [-0.25, -0.2) is 4.68 Å². The lowest BCUT2D eigenvalue weighted by atomic mass is 10.3. The van der Waals surface area contributed by atoms with E-state index in [0.29, 0.717) is 5.69 Å². The Morgan fingerprint density at radius 2 is 2.06 bits per heavy atom. The van der Waals surface area contributed by atoms with Gasteiger partial charge in [0, 0.05) is 12.7 Å². The Balaban J connectivity index is 2.18. The van der Waals surface area contributed by atoms with Gasteiger partial charge >= 0.3 is 0 Å². The molecule has 0 aliphatic heterocycles. The minimum absolute atomic E-state index is 0.131. The Hall–Kier alpha value is -2.37. The fraction of sp³-hybridized carbons (Fsp3) is 0.100. The zero-order chi connectivity index (χ0) is 11.5. The number of benzene rings is 1. The monoisotopic (exact) mass is 217 g/mol. The van der Waals surface area contributed by atoms with Crippen LogP contribution < -0.4 is 11.1 Å². The van der Waals surface area contributed by atoms with E-state index in [2.05, 4.69) is 15.6 Å². The number of nitrogens with zero attached hydrogens (tertiary/aromatic N) is 3. The molecule has 6 heteroatoms. The van der Waals surface area contributed by atoms with Crippen molar-refractivity contribution in [2.45, 2.75) is 0 Å². The number of amides is 1. The first-order chi connectivity index (χ1) is 7.68. The van der Waals surface area contributed by atoms with Crippen LogP contribution in [0.3, 0.4) is 0 Å². The van der Waals surface area contributed by atoms with Crippen LogP contribution in [0, 0.1) is 0 Å². The first-order valence-electron chi connectivity index (χ1n) is 4.70. The van der Waals surface area contributed by atoms with Crippen LogP contribution >= 0.6 is 0 Å². The number of rotatable bonds is 2. The van der Waals surface area contributed by atoms with E-state index in [1.54, 1.807) is 19.2 Å². The number of para-hydroxylation sites is 1. The molecule has 2 rings (SSSR count). The maximum atomic E-state index is 11.7. The number of anilines is 2. The number of hydrogen-bond acceptors (Lipinski definition) is 4. The molecule has 16 heavy (non-hydrogen) atoms. The second kappa shape index (κ2) is 4.01. The highest BCUT2D eigenvalue weighted by Crippen LogP contribution is 2.10. The van der Waals surface area contributed by atoms with Crippen molar-refractivity contribution in [3.05, 3.63) is 36.0 Å². The number of carbonyl (C=O) groups excluding carboxylic acids is 1. The van der Waals surface area contributed by atoms with Crippen molar-refractivity contribution in [2.24, 2.45) is 7.05 Å². The van der Waals surface area contributed by atoms with Crippen LogP contribution in [-0.4, -0.2) is 20.9 Å². The van der Waals surface area contributed by atoms with E-state index in [1.165, 1.54) is 4.68 Å². The molecule has 0 atom stereocenters. The van der Waals surface area contributed by atoms with Gasteiger partial charge in [-0.15, -0.1) is 5.10 Å². The average Bonchev–Trinajstić information content (AvgIpc) is 2.61. The molecule has 2 aromatic rings. The summed E-state index contributed by atoms with van der Waals surface area (Å²) in [5, 5.41) is 10.0. The van der Waals surface area contributed by atoms with Crippen LogP contribution in [0.2, 0.25) is 0 Å². The number of nitrogen functional groups attached to an aromatic ring is 1. The van der Waals surface area contributed by atoms with E-state index in [0.717, 1.165) is 0 Å². The smallest absolute Gasteiger partial charge is 0.280 e. The van der Waals surface area contributed by atoms with Crippen molar-refractivity contribution in [3.63, 3.8) is 0 Å². The highest BCUT2D eigenvalue weighted by molar-refractivity contribution is 6.05. The van der Waals surface area contributed by atoms with Crippen molar-refractivity contribution in [2.75, 3.05) is 11.1 Å². The molecule has 1 aromatic heterocycles. The van der Waals surface area contributed by atoms with Gasteiger partial charge in [-0.3, -0.25) is 4.79 Å². The van der Waals surface area contributed by atoms with Crippen molar-refractivity contribution < 1.29 is 4.79 Å². The van der Waals surface area contributed by atoms with Crippen molar-refractivity contribution in [1.82, 2.24) is 15.0 Å². The number of nitrogens with two attached hydrogens (primary N) is 1. The average molecular weight is 217 g/mol. The van der Waals surface area contributed by atoms with Crippen molar-refractivity contribution in [1.29, 1.82) is 0 Å². The summed E-state index contributed by atoms with van der Waals surface area (Å²) >= 11 is 0. The maximum absolute atomic E-state index is 11.7. The van der Waals surface area contributed by atoms with Gasteiger partial charge in [0.1, 0.15) is 0 Å². The Kier molecular flexibility index (Phi) is 2.55. The summed E-state index contributed by atoms with van der Waals surface area (Å²) in [6.45, 7) is 0. The van der Waals surface area contributed by atoms with Gasteiger partial charge in [-0.2, -0.15) is 0 Å². The topological polar surface area (TPSA) is 85.8 Å². The lowest BCUT2D eigenvalue weighted by Gasteiger charge is -2.02. The summed E-state index contributed by atoms with van der Waals surface area (Å²) in [7, 11) is 1.63. The quantitative estimate of drug-likeness (QED) is 0.773. The van der Waals surface area contributed by atoms with E-state index in [1.807, 2.05) is 18.2 Å². The summed E-state index contributed by atoms with van der Waals surface area (Å²) in [6.07, 6.45) is 0. The molecular weight excluding hydrogens is 206 g/mol. The first kappa shape index (κ1) is 10.2. The third kappa shape index (κ3) is 1.85. The summed E-state index contributed by atoms with van der Waals surface area (Å²) in [6, 6.07) is 9.09. The molecule has 82 valence electrons. The van der Waals surface area contributed by atoms with Gasteiger partial charge in [0.15, 0.2) is 11.5 Å². The molecule has 3 N–H and O–H groups in total. The highest BCUT2D eigenvalue weighted by Gasteiger charge is 2.15. The molecule has 0 saturated heterocycles. The summed E-state index contributed by atoms with van der Waals surface area (Å²) < 4.78 is 1.35. The summed E-state index contributed by atoms with van der Waals surface area (Å²) in [4.78, 5) is 11.7. The molecule has 6 nitrogen and oxygen atoms in total. The standard InChI is InChI=1S/C10H11N5O/c1-15-9(11)8(13-14-15)10(16)12-7-5-3-2-4-6-7/h2-6H,11H2,1H3,(H,12,16). The largest absolute Gasteiger partial charge is 0.382 e. The molecule has 1 aromatic carbocycles. The van der Waals surface area contributed by atoms with Crippen LogP contribution in [0.5, 0.6) is 0 Å². The lowest BCUT2D eigenvalue weighted by Crippen LogP contribution is -2.14. The molecule has 1 heterocycles. The minimum Gasteiger partial charge on any atom is -0.382 e. The molecular formula is C10H11N5O. The van der Waals surface area contributed by atoms with Crippen LogP contribution in [0.25, 0.3) is 0 Å². The molecule has 1 amide bonds. The van der Waals surface area contributed by atoms with Gasteiger partial charge in [-0.05, 0) is 12.1 Å². The zero-order valence-electron chi connectivity index (χ0n) is 8.71. The third-order valence-electron chi connectivity index (χ3n) is 2.12. The zero-order valence-corrected chi connectivity index (χ0v) is 8.71. The molecule has 0 spiro atoms. The molecule has 0 aliphatic carbocycles. The van der Waals surface area contributed by atoms with E-state index in [9.17, 15) is 4.79 Å². The van der Waals surface area contributed by atoms with Gasteiger partial charge < -0.3 is 11.1 Å². The Labute approximate surface area is 92.1 Å². The van der Waals surface area contributed by atoms with Crippen LogP contribution in [-0.2, 0) is 7.05 Å². The fourth-order valence-electron chi connectivity index (χ4n) is 1.24. The van der Waals surface area contributed by atoms with Crippen molar-refractivity contribution in [3.8, 4) is 0 Å².